The first-order valence-electron chi connectivity index (χ1n) is 7.33. The fourth-order valence-electron chi connectivity index (χ4n) is 2.50. The molecule has 2 aromatic rings. The number of carbonyl (C=O) groups is 1. The second-order valence-electron chi connectivity index (χ2n) is 5.56. The molecule has 0 spiro atoms. The summed E-state index contributed by atoms with van der Waals surface area (Å²) in [5.74, 6) is -0.147. The van der Waals surface area contributed by atoms with E-state index < -0.39 is 10.0 Å². The van der Waals surface area contributed by atoms with Crippen LogP contribution in [0.15, 0.2) is 75.7 Å². The first kappa shape index (κ1) is 16.1. The van der Waals surface area contributed by atoms with Gasteiger partial charge >= 0.3 is 0 Å². The Morgan fingerprint density at radius 1 is 0.875 bits per heavy atom. The minimum atomic E-state index is -3.86. The molecular formula is C18H16N2O3S. The smallest absolute Gasteiger partial charge is 0.282 e. The maximum atomic E-state index is 12.6. The minimum Gasteiger partial charge on any atom is -0.374 e. The van der Waals surface area contributed by atoms with Gasteiger partial charge in [0, 0.05) is 25.2 Å². The number of benzene rings is 2. The van der Waals surface area contributed by atoms with Crippen LogP contribution in [-0.2, 0) is 10.0 Å². The summed E-state index contributed by atoms with van der Waals surface area (Å²) in [7, 11) is -0.381. The highest BCUT2D eigenvalue weighted by Gasteiger charge is 2.26. The zero-order valence-electron chi connectivity index (χ0n) is 13.3. The highest BCUT2D eigenvalue weighted by Crippen LogP contribution is 2.24. The van der Waals surface area contributed by atoms with Crippen LogP contribution in [0.25, 0.3) is 0 Å². The Morgan fingerprint density at radius 2 is 1.46 bits per heavy atom. The van der Waals surface area contributed by atoms with Gasteiger partial charge in [-0.3, -0.25) is 4.79 Å². The van der Waals surface area contributed by atoms with Crippen LogP contribution in [0.1, 0.15) is 15.9 Å². The van der Waals surface area contributed by atoms with Gasteiger partial charge in [0.1, 0.15) is 0 Å². The molecule has 3 rings (SSSR count). The lowest BCUT2D eigenvalue weighted by Crippen LogP contribution is -2.26. The van der Waals surface area contributed by atoms with Crippen molar-refractivity contribution in [3.8, 4) is 0 Å². The van der Waals surface area contributed by atoms with Crippen LogP contribution in [0.3, 0.4) is 0 Å². The van der Waals surface area contributed by atoms with Gasteiger partial charge in [-0.2, -0.15) is 12.8 Å². The van der Waals surface area contributed by atoms with Gasteiger partial charge < -0.3 is 4.90 Å². The lowest BCUT2D eigenvalue weighted by Gasteiger charge is -2.22. The van der Waals surface area contributed by atoms with E-state index in [0.717, 1.165) is 0 Å². The number of fused-ring (bicyclic) bond motifs is 1. The van der Waals surface area contributed by atoms with Crippen LogP contribution in [0.4, 0.5) is 0 Å². The molecule has 0 atom stereocenters. The molecule has 5 nitrogen and oxygen atoms in total. The third-order valence-electron chi connectivity index (χ3n) is 3.70. The van der Waals surface area contributed by atoms with Crippen LogP contribution in [-0.4, -0.2) is 38.9 Å². The number of ketones is 1. The van der Waals surface area contributed by atoms with E-state index in [1.165, 1.54) is 18.2 Å². The Bertz CT molecular complexity index is 959. The molecule has 6 heteroatoms. The maximum absolute atomic E-state index is 12.6. The Morgan fingerprint density at radius 3 is 2.08 bits per heavy atom. The SMILES string of the molecule is CN(C)C1=C/C(=N\S(=O)(=O)c2ccccc2)c2ccccc2C1=O. The second-order valence-corrected chi connectivity index (χ2v) is 7.17. The summed E-state index contributed by atoms with van der Waals surface area (Å²) in [6.45, 7) is 0. The van der Waals surface area contributed by atoms with E-state index in [9.17, 15) is 13.2 Å². The molecule has 0 aromatic heterocycles. The molecule has 0 radical (unpaired) electrons. The Labute approximate surface area is 141 Å². The molecular weight excluding hydrogens is 324 g/mol. The summed E-state index contributed by atoms with van der Waals surface area (Å²) >= 11 is 0. The standard InChI is InChI=1S/C18H16N2O3S/c1-20(2)17-12-16(14-10-6-7-11-15(14)18(17)21)19-24(22,23)13-8-4-3-5-9-13/h3-12H,1-2H3/b19-16+. The average Bonchev–Trinajstić information content (AvgIpc) is 2.58. The number of rotatable bonds is 3. The zero-order valence-corrected chi connectivity index (χ0v) is 14.1. The van der Waals surface area contributed by atoms with Crippen molar-refractivity contribution >= 4 is 21.5 Å². The summed E-state index contributed by atoms with van der Waals surface area (Å²) in [5.41, 5.74) is 1.63. The summed E-state index contributed by atoms with van der Waals surface area (Å²) in [6.07, 6.45) is 1.52. The first-order chi connectivity index (χ1) is 11.4. The van der Waals surface area contributed by atoms with E-state index in [0.29, 0.717) is 16.8 Å². The molecule has 122 valence electrons. The van der Waals surface area contributed by atoms with Gasteiger partial charge in [-0.25, -0.2) is 0 Å². The molecule has 0 bridgehead atoms. The molecule has 1 aliphatic carbocycles. The Kier molecular flexibility index (Phi) is 4.07. The fourth-order valence-corrected chi connectivity index (χ4v) is 3.51. The quantitative estimate of drug-likeness (QED) is 0.861. The van der Waals surface area contributed by atoms with Crippen LogP contribution in [0.5, 0.6) is 0 Å². The third-order valence-corrected chi connectivity index (χ3v) is 5.00. The third kappa shape index (κ3) is 2.88. The van der Waals surface area contributed by atoms with Crippen molar-refractivity contribution in [2.45, 2.75) is 4.90 Å². The number of nitrogens with zero attached hydrogens (tertiary/aromatic N) is 2. The number of allylic oxidation sites excluding steroid dienone is 2. The number of hydrogen-bond donors (Lipinski definition) is 0. The molecule has 24 heavy (non-hydrogen) atoms. The lowest BCUT2D eigenvalue weighted by atomic mass is 9.92. The molecule has 0 saturated heterocycles. The molecule has 0 unspecified atom stereocenters. The van der Waals surface area contributed by atoms with E-state index in [2.05, 4.69) is 4.40 Å². The van der Waals surface area contributed by atoms with Crippen molar-refractivity contribution in [2.24, 2.45) is 4.40 Å². The lowest BCUT2D eigenvalue weighted by molar-refractivity contribution is 0.100. The van der Waals surface area contributed by atoms with Crippen molar-refractivity contribution < 1.29 is 13.2 Å². The van der Waals surface area contributed by atoms with Gasteiger partial charge in [0.05, 0.1) is 16.3 Å². The molecule has 0 saturated carbocycles. The summed E-state index contributed by atoms with van der Waals surface area (Å²) in [5, 5.41) is 0. The number of hydrogen-bond acceptors (Lipinski definition) is 4. The van der Waals surface area contributed by atoms with Crippen LogP contribution < -0.4 is 0 Å². The summed E-state index contributed by atoms with van der Waals surface area (Å²) in [6, 6.07) is 14.9. The number of carbonyl (C=O) groups excluding carboxylic acids is 1. The number of Topliss-reactive ketones (excluding diaryl/α,β-unsaturated/α-hetero) is 1. The molecule has 0 heterocycles. The largest absolute Gasteiger partial charge is 0.374 e. The van der Waals surface area contributed by atoms with Gasteiger partial charge in [-0.15, -0.1) is 0 Å². The maximum Gasteiger partial charge on any atom is 0.282 e. The van der Waals surface area contributed by atoms with Crippen molar-refractivity contribution in [1.82, 2.24) is 4.90 Å². The minimum absolute atomic E-state index is 0.117. The predicted molar refractivity (Wildman–Crippen MR) is 92.7 cm³/mol. The van der Waals surface area contributed by atoms with Crippen molar-refractivity contribution in [3.63, 3.8) is 0 Å². The summed E-state index contributed by atoms with van der Waals surface area (Å²) < 4.78 is 29.1. The van der Waals surface area contributed by atoms with Gasteiger partial charge in [0.25, 0.3) is 10.0 Å². The second kappa shape index (κ2) is 6.05. The van der Waals surface area contributed by atoms with E-state index in [1.807, 2.05) is 0 Å². The van der Waals surface area contributed by atoms with Gasteiger partial charge in [-0.05, 0) is 18.2 Å². The normalized spacial score (nSPS) is 15.8. The van der Waals surface area contributed by atoms with Gasteiger partial charge in [0.15, 0.2) is 0 Å². The molecule has 1 aliphatic rings. The number of likely N-dealkylation sites (N-methyl/N-ethyl adjacent to an activating group) is 1. The zero-order chi connectivity index (χ0) is 17.3. The molecule has 0 N–H and O–H groups in total. The molecule has 2 aromatic carbocycles. The highest BCUT2D eigenvalue weighted by molar-refractivity contribution is 7.90. The van der Waals surface area contributed by atoms with Gasteiger partial charge in [0.2, 0.25) is 5.78 Å². The van der Waals surface area contributed by atoms with Crippen molar-refractivity contribution in [2.75, 3.05) is 14.1 Å². The van der Waals surface area contributed by atoms with E-state index in [4.69, 9.17) is 0 Å². The average molecular weight is 340 g/mol. The predicted octanol–water partition coefficient (Wildman–Crippen LogP) is 2.51. The highest BCUT2D eigenvalue weighted by atomic mass is 32.2. The summed E-state index contributed by atoms with van der Waals surface area (Å²) in [4.78, 5) is 14.3. The van der Waals surface area contributed by atoms with Crippen LogP contribution in [0.2, 0.25) is 0 Å². The molecule has 0 aliphatic heterocycles. The van der Waals surface area contributed by atoms with Crippen LogP contribution in [0, 0.1) is 0 Å². The number of sulfonamides is 1. The van der Waals surface area contributed by atoms with E-state index in [1.54, 1.807) is 61.5 Å². The Balaban J connectivity index is 2.20. The van der Waals surface area contributed by atoms with Crippen molar-refractivity contribution in [3.05, 3.63) is 77.5 Å². The van der Waals surface area contributed by atoms with E-state index in [-0.39, 0.29) is 16.4 Å². The van der Waals surface area contributed by atoms with Gasteiger partial charge in [-0.1, -0.05) is 42.5 Å². The first-order valence-corrected chi connectivity index (χ1v) is 8.77. The molecule has 0 amide bonds. The fraction of sp³-hybridized carbons (Fsp3) is 0.111. The monoisotopic (exact) mass is 340 g/mol. The topological polar surface area (TPSA) is 66.8 Å². The Hall–Kier alpha value is -2.73. The molecule has 0 fully saturated rings. The van der Waals surface area contributed by atoms with E-state index >= 15 is 0 Å². The van der Waals surface area contributed by atoms with Crippen LogP contribution >= 0.6 is 0 Å². The van der Waals surface area contributed by atoms with Crippen molar-refractivity contribution in [1.29, 1.82) is 0 Å².